The van der Waals surface area contributed by atoms with Crippen LogP contribution in [0.3, 0.4) is 0 Å². The fourth-order valence-electron chi connectivity index (χ4n) is 3.52. The Balaban J connectivity index is 1.40. The first-order chi connectivity index (χ1) is 14.0. The number of nitrogens with one attached hydrogen (secondary N) is 1. The predicted molar refractivity (Wildman–Crippen MR) is 114 cm³/mol. The molecular formula is C21H19N3O3S2. The molecule has 0 spiro atoms. The third-order valence-corrected chi connectivity index (χ3v) is 7.83. The molecule has 2 aliphatic rings. The molecule has 2 heterocycles. The van der Waals surface area contributed by atoms with E-state index < -0.39 is 10.0 Å². The van der Waals surface area contributed by atoms with Crippen molar-refractivity contribution in [3.8, 4) is 11.3 Å². The molecule has 1 amide bonds. The van der Waals surface area contributed by atoms with Gasteiger partial charge in [-0.05, 0) is 49.1 Å². The minimum absolute atomic E-state index is 0.0432. The fourth-order valence-corrected chi connectivity index (χ4v) is 5.76. The molecule has 1 aliphatic heterocycles. The zero-order chi connectivity index (χ0) is 20.0. The van der Waals surface area contributed by atoms with E-state index >= 15 is 0 Å². The van der Waals surface area contributed by atoms with E-state index in [2.05, 4.69) is 10.3 Å². The van der Waals surface area contributed by atoms with Gasteiger partial charge < -0.3 is 5.32 Å². The average molecular weight is 426 g/mol. The van der Waals surface area contributed by atoms with Crippen LogP contribution in [0, 0.1) is 5.92 Å². The summed E-state index contributed by atoms with van der Waals surface area (Å²) in [5.74, 6) is 0.182. The minimum atomic E-state index is -3.57. The lowest BCUT2D eigenvalue weighted by Crippen LogP contribution is -2.29. The van der Waals surface area contributed by atoms with Gasteiger partial charge in [-0.25, -0.2) is 13.4 Å². The molecule has 1 saturated carbocycles. The zero-order valence-electron chi connectivity index (χ0n) is 15.5. The number of anilines is 2. The van der Waals surface area contributed by atoms with Crippen LogP contribution in [0.25, 0.3) is 11.3 Å². The maximum atomic E-state index is 13.0. The van der Waals surface area contributed by atoms with E-state index in [0.29, 0.717) is 23.0 Å². The number of carbonyl (C=O) groups is 1. The zero-order valence-corrected chi connectivity index (χ0v) is 17.2. The highest BCUT2D eigenvalue weighted by atomic mass is 32.2. The molecule has 1 N–H and O–H groups in total. The molecule has 0 saturated heterocycles. The van der Waals surface area contributed by atoms with Gasteiger partial charge in [-0.15, -0.1) is 11.3 Å². The van der Waals surface area contributed by atoms with Crippen molar-refractivity contribution in [3.63, 3.8) is 0 Å². The Morgan fingerprint density at radius 2 is 1.93 bits per heavy atom. The lowest BCUT2D eigenvalue weighted by Gasteiger charge is -2.19. The second kappa shape index (κ2) is 6.96. The molecule has 148 valence electrons. The van der Waals surface area contributed by atoms with Gasteiger partial charge in [0.2, 0.25) is 5.91 Å². The van der Waals surface area contributed by atoms with Gasteiger partial charge in [0.25, 0.3) is 10.0 Å². The third-order valence-electron chi connectivity index (χ3n) is 5.24. The monoisotopic (exact) mass is 425 g/mol. The summed E-state index contributed by atoms with van der Waals surface area (Å²) < 4.78 is 27.5. The lowest BCUT2D eigenvalue weighted by atomic mass is 10.1. The summed E-state index contributed by atoms with van der Waals surface area (Å²) >= 11 is 1.40. The minimum Gasteiger partial charge on any atom is -0.302 e. The quantitative estimate of drug-likeness (QED) is 0.672. The summed E-state index contributed by atoms with van der Waals surface area (Å²) in [5.41, 5.74) is 3.41. The summed E-state index contributed by atoms with van der Waals surface area (Å²) in [6, 6.07) is 14.2. The summed E-state index contributed by atoms with van der Waals surface area (Å²) in [5, 5.41) is 5.39. The van der Waals surface area contributed by atoms with Crippen LogP contribution in [-0.4, -0.2) is 25.9 Å². The lowest BCUT2D eigenvalue weighted by molar-refractivity contribution is -0.117. The molecule has 1 aromatic heterocycles. The number of sulfonamides is 1. The Bertz CT molecular complexity index is 1180. The first-order valence-corrected chi connectivity index (χ1v) is 11.8. The van der Waals surface area contributed by atoms with Crippen LogP contribution >= 0.6 is 11.3 Å². The van der Waals surface area contributed by atoms with E-state index in [1.54, 1.807) is 30.3 Å². The molecule has 0 bridgehead atoms. The molecule has 2 aromatic carbocycles. The Morgan fingerprint density at radius 1 is 1.14 bits per heavy atom. The number of hydrogen-bond donors (Lipinski definition) is 1. The first-order valence-electron chi connectivity index (χ1n) is 9.50. The van der Waals surface area contributed by atoms with Crippen molar-refractivity contribution in [2.45, 2.75) is 24.2 Å². The smallest absolute Gasteiger partial charge is 0.264 e. The van der Waals surface area contributed by atoms with Gasteiger partial charge in [-0.1, -0.05) is 24.3 Å². The maximum Gasteiger partial charge on any atom is 0.264 e. The van der Waals surface area contributed by atoms with Gasteiger partial charge in [0.15, 0.2) is 5.13 Å². The van der Waals surface area contributed by atoms with Crippen LogP contribution in [0.15, 0.2) is 58.8 Å². The SMILES string of the molecule is O=C(Nc1nc(-c2ccc3c(c2)CCN3S(=O)(=O)c2ccccc2)cs1)C1CC1. The number of amides is 1. The van der Waals surface area contributed by atoms with Gasteiger partial charge in [0.05, 0.1) is 16.3 Å². The number of benzene rings is 2. The Labute approximate surface area is 173 Å². The van der Waals surface area contributed by atoms with Crippen LogP contribution in [-0.2, 0) is 21.2 Å². The van der Waals surface area contributed by atoms with Crippen LogP contribution in [0.2, 0.25) is 0 Å². The Kier molecular flexibility index (Phi) is 4.40. The second-order valence-electron chi connectivity index (χ2n) is 7.29. The summed E-state index contributed by atoms with van der Waals surface area (Å²) in [7, 11) is -3.57. The van der Waals surface area contributed by atoms with Crippen molar-refractivity contribution in [1.82, 2.24) is 4.98 Å². The normalized spacial score (nSPS) is 15.9. The summed E-state index contributed by atoms with van der Waals surface area (Å²) in [6.45, 7) is 0.426. The highest BCUT2D eigenvalue weighted by Gasteiger charge is 2.31. The number of aromatic nitrogens is 1. The molecule has 0 unspecified atom stereocenters. The van der Waals surface area contributed by atoms with Gasteiger partial charge in [0, 0.05) is 23.4 Å². The maximum absolute atomic E-state index is 13.0. The molecule has 0 radical (unpaired) electrons. The average Bonchev–Trinajstić information content (AvgIpc) is 3.34. The van der Waals surface area contributed by atoms with E-state index in [4.69, 9.17) is 0 Å². The van der Waals surface area contributed by atoms with Gasteiger partial charge in [-0.3, -0.25) is 9.10 Å². The summed E-state index contributed by atoms with van der Waals surface area (Å²) in [6.07, 6.45) is 2.57. The van der Waals surface area contributed by atoms with E-state index in [-0.39, 0.29) is 11.8 Å². The van der Waals surface area contributed by atoms with Crippen molar-refractivity contribution in [2.75, 3.05) is 16.2 Å². The van der Waals surface area contributed by atoms with Crippen molar-refractivity contribution in [2.24, 2.45) is 5.92 Å². The van der Waals surface area contributed by atoms with Crippen molar-refractivity contribution in [3.05, 3.63) is 59.5 Å². The van der Waals surface area contributed by atoms with Crippen LogP contribution < -0.4 is 9.62 Å². The number of hydrogen-bond acceptors (Lipinski definition) is 5. The number of fused-ring (bicyclic) bond motifs is 1. The molecule has 0 atom stereocenters. The van der Waals surface area contributed by atoms with Gasteiger partial charge in [-0.2, -0.15) is 0 Å². The van der Waals surface area contributed by atoms with Gasteiger partial charge >= 0.3 is 0 Å². The van der Waals surface area contributed by atoms with Gasteiger partial charge in [0.1, 0.15) is 0 Å². The van der Waals surface area contributed by atoms with E-state index in [1.807, 2.05) is 23.6 Å². The third kappa shape index (κ3) is 3.42. The predicted octanol–water partition coefficient (Wildman–Crippen LogP) is 3.91. The molecule has 5 rings (SSSR count). The fraction of sp³-hybridized carbons (Fsp3) is 0.238. The number of carbonyl (C=O) groups excluding carboxylic acids is 1. The highest BCUT2D eigenvalue weighted by molar-refractivity contribution is 7.92. The largest absolute Gasteiger partial charge is 0.302 e. The summed E-state index contributed by atoms with van der Waals surface area (Å²) in [4.78, 5) is 16.7. The number of thiazole rings is 1. The number of rotatable bonds is 5. The Morgan fingerprint density at radius 3 is 2.69 bits per heavy atom. The molecule has 29 heavy (non-hydrogen) atoms. The van der Waals surface area contributed by atoms with Crippen LogP contribution in [0.1, 0.15) is 18.4 Å². The van der Waals surface area contributed by atoms with Crippen molar-refractivity contribution < 1.29 is 13.2 Å². The highest BCUT2D eigenvalue weighted by Crippen LogP contribution is 2.37. The van der Waals surface area contributed by atoms with Crippen molar-refractivity contribution >= 4 is 38.1 Å². The molecule has 3 aromatic rings. The molecule has 1 fully saturated rings. The van der Waals surface area contributed by atoms with Crippen LogP contribution in [0.4, 0.5) is 10.8 Å². The van der Waals surface area contributed by atoms with E-state index in [0.717, 1.165) is 35.3 Å². The van der Waals surface area contributed by atoms with Crippen LogP contribution in [0.5, 0.6) is 0 Å². The standard InChI is InChI=1S/C21H19N3O3S2/c25-20(14-6-7-14)23-21-22-18(13-28-21)15-8-9-19-16(12-15)10-11-24(19)29(26,27)17-4-2-1-3-5-17/h1-5,8-9,12-14H,6-7,10-11H2,(H,22,23,25). The molecule has 8 heteroatoms. The van der Waals surface area contributed by atoms with E-state index in [1.165, 1.54) is 15.6 Å². The Hall–Kier alpha value is -2.71. The molecular weight excluding hydrogens is 406 g/mol. The topological polar surface area (TPSA) is 79.4 Å². The molecule has 1 aliphatic carbocycles. The second-order valence-corrected chi connectivity index (χ2v) is 10.0. The number of nitrogens with zero attached hydrogens (tertiary/aromatic N) is 2. The molecule has 6 nitrogen and oxygen atoms in total. The van der Waals surface area contributed by atoms with Crippen molar-refractivity contribution in [1.29, 1.82) is 0 Å². The van der Waals surface area contributed by atoms with E-state index in [9.17, 15) is 13.2 Å². The first kappa shape index (κ1) is 18.3.